The van der Waals surface area contributed by atoms with Gasteiger partial charge in [0.2, 0.25) is 0 Å². The van der Waals surface area contributed by atoms with Crippen molar-refractivity contribution in [2.45, 2.75) is 66.2 Å². The number of aliphatic carboxylic acids is 1. The van der Waals surface area contributed by atoms with Gasteiger partial charge in [0.15, 0.2) is 0 Å². The lowest BCUT2D eigenvalue weighted by Gasteiger charge is -2.27. The van der Waals surface area contributed by atoms with E-state index < -0.39 is 5.97 Å². The van der Waals surface area contributed by atoms with E-state index in [0.717, 1.165) is 6.42 Å². The van der Waals surface area contributed by atoms with Crippen LogP contribution in [-0.2, 0) is 4.79 Å². The Morgan fingerprint density at radius 3 is 2.40 bits per heavy atom. The highest BCUT2D eigenvalue weighted by atomic mass is 16.4. The van der Waals surface area contributed by atoms with Crippen molar-refractivity contribution >= 4 is 5.97 Å². The van der Waals surface area contributed by atoms with Gasteiger partial charge < -0.3 is 5.11 Å². The second-order valence-electron chi connectivity index (χ2n) is 5.53. The van der Waals surface area contributed by atoms with Gasteiger partial charge in [0.25, 0.3) is 0 Å². The maximum atomic E-state index is 10.6. The lowest BCUT2D eigenvalue weighted by molar-refractivity contribution is -0.138. The number of hydrogen-bond donors (Lipinski definition) is 1. The number of hydrogen-bond acceptors (Lipinski definition) is 1. The molecule has 0 aliphatic rings. The van der Waals surface area contributed by atoms with Crippen LogP contribution in [0.2, 0.25) is 0 Å². The number of rotatable bonds is 8. The molecule has 1 N–H and O–H groups in total. The molecule has 0 aromatic carbocycles. The lowest BCUT2D eigenvalue weighted by Crippen LogP contribution is -2.17. The highest BCUT2D eigenvalue weighted by Crippen LogP contribution is 2.32. The maximum absolute atomic E-state index is 10.6. The van der Waals surface area contributed by atoms with Crippen LogP contribution in [0.5, 0.6) is 0 Å². The first-order valence-electron chi connectivity index (χ1n) is 6.09. The Balaban J connectivity index is 3.84. The summed E-state index contributed by atoms with van der Waals surface area (Å²) in [5, 5.41) is 8.69. The van der Waals surface area contributed by atoms with Gasteiger partial charge in [0, 0.05) is 6.42 Å². The Kier molecular flexibility index (Phi) is 6.62. The van der Waals surface area contributed by atoms with Crippen LogP contribution < -0.4 is 0 Å². The Morgan fingerprint density at radius 2 is 1.93 bits per heavy atom. The van der Waals surface area contributed by atoms with Gasteiger partial charge in [0.05, 0.1) is 0 Å². The molecule has 1 unspecified atom stereocenters. The zero-order chi connectivity index (χ0) is 11.9. The molecule has 0 amide bonds. The van der Waals surface area contributed by atoms with E-state index in [1.165, 1.54) is 25.7 Å². The first-order valence-corrected chi connectivity index (χ1v) is 6.09. The Hall–Kier alpha value is -0.530. The van der Waals surface area contributed by atoms with Crippen LogP contribution in [0.1, 0.15) is 66.2 Å². The quantitative estimate of drug-likeness (QED) is 0.618. The van der Waals surface area contributed by atoms with Crippen molar-refractivity contribution in [3.05, 3.63) is 0 Å². The average Bonchev–Trinajstić information content (AvgIpc) is 2.00. The number of carbonyl (C=O) groups is 1. The van der Waals surface area contributed by atoms with Crippen LogP contribution in [0.3, 0.4) is 0 Å². The van der Waals surface area contributed by atoms with Gasteiger partial charge in [-0.3, -0.25) is 4.79 Å². The van der Waals surface area contributed by atoms with Gasteiger partial charge >= 0.3 is 5.97 Å². The van der Waals surface area contributed by atoms with Gasteiger partial charge in [0.1, 0.15) is 0 Å². The van der Waals surface area contributed by atoms with E-state index in [4.69, 9.17) is 5.11 Å². The minimum atomic E-state index is -0.674. The fourth-order valence-electron chi connectivity index (χ4n) is 2.27. The normalized spacial score (nSPS) is 13.9. The molecule has 0 aliphatic carbocycles. The molecule has 1 atom stereocenters. The third-order valence-electron chi connectivity index (χ3n) is 2.88. The summed E-state index contributed by atoms with van der Waals surface area (Å²) in [7, 11) is 0. The summed E-state index contributed by atoms with van der Waals surface area (Å²) in [6.07, 6.45) is 6.34. The number of unbranched alkanes of at least 4 members (excludes halogenated alkanes) is 2. The summed E-state index contributed by atoms with van der Waals surface area (Å²) in [5.41, 5.74) is 0.296. The third-order valence-corrected chi connectivity index (χ3v) is 2.88. The minimum absolute atomic E-state index is 0.291. The molecule has 0 saturated heterocycles. The molecule has 0 fully saturated rings. The zero-order valence-electron chi connectivity index (χ0n) is 10.7. The van der Waals surface area contributed by atoms with Gasteiger partial charge in [-0.05, 0) is 24.2 Å². The summed E-state index contributed by atoms with van der Waals surface area (Å²) < 4.78 is 0. The van der Waals surface area contributed by atoms with Crippen molar-refractivity contribution in [3.63, 3.8) is 0 Å². The van der Waals surface area contributed by atoms with Gasteiger partial charge in [-0.15, -0.1) is 0 Å². The Labute approximate surface area is 94.1 Å². The summed E-state index contributed by atoms with van der Waals surface area (Å²) in [5.74, 6) is -0.383. The smallest absolute Gasteiger partial charge is 0.303 e. The van der Waals surface area contributed by atoms with Crippen LogP contribution in [0.25, 0.3) is 0 Å². The van der Waals surface area contributed by atoms with Gasteiger partial charge in [-0.1, -0.05) is 47.0 Å². The van der Waals surface area contributed by atoms with Crippen LogP contribution in [0.4, 0.5) is 0 Å². The molecule has 0 aliphatic heterocycles. The van der Waals surface area contributed by atoms with E-state index in [9.17, 15) is 4.79 Å². The van der Waals surface area contributed by atoms with E-state index in [-0.39, 0.29) is 0 Å². The van der Waals surface area contributed by atoms with Crippen molar-refractivity contribution < 1.29 is 9.90 Å². The average molecular weight is 214 g/mol. The first-order chi connectivity index (χ1) is 6.87. The summed E-state index contributed by atoms with van der Waals surface area (Å²) in [6.45, 7) is 8.75. The molecule has 0 saturated carbocycles. The van der Waals surface area contributed by atoms with Crippen molar-refractivity contribution in [1.29, 1.82) is 0 Å². The summed E-state index contributed by atoms with van der Waals surface area (Å²) in [4.78, 5) is 10.6. The van der Waals surface area contributed by atoms with Gasteiger partial charge in [-0.2, -0.15) is 0 Å². The molecule has 0 heterocycles. The predicted molar refractivity (Wildman–Crippen MR) is 64.0 cm³/mol. The summed E-state index contributed by atoms with van der Waals surface area (Å²) >= 11 is 0. The standard InChI is InChI=1S/C13H26O2/c1-5-6-7-8-13(3,4)10-11(2)9-12(14)15/h11H,5-10H2,1-4H3,(H,14,15). The van der Waals surface area contributed by atoms with Crippen LogP contribution in [0.15, 0.2) is 0 Å². The van der Waals surface area contributed by atoms with E-state index in [1.807, 2.05) is 6.92 Å². The van der Waals surface area contributed by atoms with Crippen LogP contribution in [0, 0.1) is 11.3 Å². The molecule has 2 heteroatoms. The van der Waals surface area contributed by atoms with Gasteiger partial charge in [-0.25, -0.2) is 0 Å². The topological polar surface area (TPSA) is 37.3 Å². The lowest BCUT2D eigenvalue weighted by atomic mass is 9.78. The largest absolute Gasteiger partial charge is 0.481 e. The van der Waals surface area contributed by atoms with Crippen molar-refractivity contribution in [2.24, 2.45) is 11.3 Å². The zero-order valence-corrected chi connectivity index (χ0v) is 10.7. The minimum Gasteiger partial charge on any atom is -0.481 e. The number of carboxylic acids is 1. The second kappa shape index (κ2) is 6.86. The Morgan fingerprint density at radius 1 is 1.33 bits per heavy atom. The third kappa shape index (κ3) is 8.46. The van der Waals surface area contributed by atoms with Crippen LogP contribution in [-0.4, -0.2) is 11.1 Å². The maximum Gasteiger partial charge on any atom is 0.303 e. The molecule has 15 heavy (non-hydrogen) atoms. The number of carboxylic acid groups (broad SMARTS) is 1. The molecule has 0 radical (unpaired) electrons. The SMILES string of the molecule is CCCCCC(C)(C)CC(C)CC(=O)O. The molecular weight excluding hydrogens is 188 g/mol. The van der Waals surface area contributed by atoms with E-state index in [1.54, 1.807) is 0 Å². The summed E-state index contributed by atoms with van der Waals surface area (Å²) in [6, 6.07) is 0. The predicted octanol–water partition coefficient (Wildman–Crippen LogP) is 4.09. The second-order valence-corrected chi connectivity index (χ2v) is 5.53. The fourth-order valence-corrected chi connectivity index (χ4v) is 2.27. The molecule has 0 aromatic heterocycles. The molecule has 0 aromatic rings. The highest BCUT2D eigenvalue weighted by molar-refractivity contribution is 5.66. The molecule has 2 nitrogen and oxygen atoms in total. The fraction of sp³-hybridized carbons (Fsp3) is 0.923. The molecule has 0 rings (SSSR count). The Bertz CT molecular complexity index is 185. The monoisotopic (exact) mass is 214 g/mol. The van der Waals surface area contributed by atoms with E-state index in [0.29, 0.717) is 17.8 Å². The van der Waals surface area contributed by atoms with Crippen molar-refractivity contribution in [3.8, 4) is 0 Å². The van der Waals surface area contributed by atoms with E-state index in [2.05, 4.69) is 20.8 Å². The molecule has 90 valence electrons. The van der Waals surface area contributed by atoms with Crippen LogP contribution >= 0.6 is 0 Å². The van der Waals surface area contributed by atoms with E-state index >= 15 is 0 Å². The van der Waals surface area contributed by atoms with Crippen molar-refractivity contribution in [1.82, 2.24) is 0 Å². The highest BCUT2D eigenvalue weighted by Gasteiger charge is 2.21. The first kappa shape index (κ1) is 14.5. The molecule has 0 bridgehead atoms. The van der Waals surface area contributed by atoms with Crippen molar-refractivity contribution in [2.75, 3.05) is 0 Å². The molecule has 0 spiro atoms. The molecular formula is C13H26O2.